The van der Waals surface area contributed by atoms with Crippen molar-refractivity contribution in [2.75, 3.05) is 0 Å². The van der Waals surface area contributed by atoms with E-state index in [1.807, 2.05) is 31.2 Å². The molecule has 0 amide bonds. The molecule has 1 rings (SSSR count). The molecule has 0 aliphatic carbocycles. The molecule has 1 aromatic rings. The van der Waals surface area contributed by atoms with Crippen LogP contribution in [-0.2, 0) is 9.84 Å². The molecule has 0 aromatic heterocycles. The Labute approximate surface area is 185 Å². The number of unbranched alkanes of at least 4 members (excludes halogenated alkanes) is 5. The van der Waals surface area contributed by atoms with Crippen LogP contribution in [0.5, 0.6) is 0 Å². The molecule has 166 valence electrons. The first kappa shape index (κ1) is 26.7. The maximum absolute atomic E-state index is 14.0. The van der Waals surface area contributed by atoms with Gasteiger partial charge < -0.3 is 0 Å². The fourth-order valence-corrected chi connectivity index (χ4v) is 28.5. The van der Waals surface area contributed by atoms with Gasteiger partial charge in [0.2, 0.25) is 0 Å². The molecule has 0 aliphatic rings. The third-order valence-electron chi connectivity index (χ3n) is 6.06. The van der Waals surface area contributed by atoms with E-state index in [4.69, 9.17) is 0 Å². The van der Waals surface area contributed by atoms with Gasteiger partial charge in [0.15, 0.2) is 0 Å². The summed E-state index contributed by atoms with van der Waals surface area (Å²) in [4.78, 5) is 0.511. The molecule has 0 fully saturated rings. The van der Waals surface area contributed by atoms with Crippen LogP contribution < -0.4 is 0 Å². The number of sulfone groups is 1. The first-order valence-electron chi connectivity index (χ1n) is 11.9. The van der Waals surface area contributed by atoms with E-state index in [0.717, 1.165) is 47.0 Å². The number of benzene rings is 1. The van der Waals surface area contributed by atoms with Crippen LogP contribution in [-0.4, -0.2) is 26.8 Å². The zero-order chi connectivity index (χ0) is 21.8. The number of hydrogen-bond acceptors (Lipinski definition) is 2. The fraction of sp³-hybridized carbons (Fsp3) is 0.680. The SMILES string of the molecule is CCCC/C=[C](\S(=O)(=O)c1ccc(C)cc1)[Sn]([CH2]CCC)([CH2]CCC)[CH2]CCC. The van der Waals surface area contributed by atoms with E-state index in [2.05, 4.69) is 33.8 Å². The molecule has 0 radical (unpaired) electrons. The van der Waals surface area contributed by atoms with Crippen LogP contribution in [0.25, 0.3) is 0 Å². The summed E-state index contributed by atoms with van der Waals surface area (Å²) in [5.74, 6) is 0. The minimum absolute atomic E-state index is 0.511. The van der Waals surface area contributed by atoms with Crippen molar-refractivity contribution in [3.63, 3.8) is 0 Å². The Hall–Kier alpha value is -0.291. The molecule has 0 saturated carbocycles. The van der Waals surface area contributed by atoms with Gasteiger partial charge in [-0.3, -0.25) is 0 Å². The van der Waals surface area contributed by atoms with Gasteiger partial charge >= 0.3 is 186 Å². The molecule has 29 heavy (non-hydrogen) atoms. The summed E-state index contributed by atoms with van der Waals surface area (Å²) in [6.45, 7) is 10.9. The second-order valence-corrected chi connectivity index (χ2v) is 24.7. The Morgan fingerprint density at radius 1 is 0.793 bits per heavy atom. The molecule has 4 heteroatoms. The summed E-state index contributed by atoms with van der Waals surface area (Å²) in [6, 6.07) is 7.54. The van der Waals surface area contributed by atoms with Crippen LogP contribution in [0.4, 0.5) is 0 Å². The molecule has 0 spiro atoms. The van der Waals surface area contributed by atoms with Crippen molar-refractivity contribution >= 4 is 28.2 Å². The molecular weight excluding hydrogens is 483 g/mol. The fourth-order valence-electron chi connectivity index (χ4n) is 4.18. The third-order valence-corrected chi connectivity index (χ3v) is 27.7. The standard InChI is InChI=1S/C13H17O2S.3C4H9.Sn/c1-3-4-5-6-11-16(14,15)13-9-7-12(2)8-10-13;3*1-3-4-2;/h6-10H,3-5H2,1-2H3;3*1,3-4H2,2H3;. The van der Waals surface area contributed by atoms with Crippen molar-refractivity contribution in [3.8, 4) is 0 Å². The number of rotatable bonds is 15. The summed E-state index contributed by atoms with van der Waals surface area (Å²) >= 11 is -3.06. The Balaban J connectivity index is 3.56. The minimum atomic E-state index is -3.39. The van der Waals surface area contributed by atoms with Gasteiger partial charge in [-0.2, -0.15) is 0 Å². The van der Waals surface area contributed by atoms with Crippen LogP contribution in [0.15, 0.2) is 38.2 Å². The van der Waals surface area contributed by atoms with Gasteiger partial charge in [0.1, 0.15) is 0 Å². The molecule has 1 aromatic carbocycles. The quantitative estimate of drug-likeness (QED) is 0.170. The Kier molecular flexibility index (Phi) is 12.8. The van der Waals surface area contributed by atoms with Crippen LogP contribution in [0.2, 0.25) is 13.3 Å². The van der Waals surface area contributed by atoms with Crippen LogP contribution >= 0.6 is 0 Å². The Morgan fingerprint density at radius 2 is 1.24 bits per heavy atom. The van der Waals surface area contributed by atoms with E-state index < -0.39 is 28.2 Å². The van der Waals surface area contributed by atoms with Crippen molar-refractivity contribution in [1.82, 2.24) is 0 Å². The number of allylic oxidation sites excluding steroid dienone is 1. The number of hydrogen-bond donors (Lipinski definition) is 0. The first-order valence-corrected chi connectivity index (χ1v) is 20.9. The second-order valence-electron chi connectivity index (χ2n) is 8.62. The zero-order valence-corrected chi connectivity index (χ0v) is 23.3. The van der Waals surface area contributed by atoms with Gasteiger partial charge in [-0.25, -0.2) is 0 Å². The summed E-state index contributed by atoms with van der Waals surface area (Å²) < 4.78 is 32.4. The van der Waals surface area contributed by atoms with E-state index >= 15 is 0 Å². The average molecular weight is 527 g/mol. The van der Waals surface area contributed by atoms with Crippen molar-refractivity contribution in [3.05, 3.63) is 38.8 Å². The second kappa shape index (κ2) is 13.9. The van der Waals surface area contributed by atoms with Gasteiger partial charge in [-0.15, -0.1) is 0 Å². The molecule has 0 atom stereocenters. The molecule has 0 saturated heterocycles. The average Bonchev–Trinajstić information content (AvgIpc) is 2.71. The van der Waals surface area contributed by atoms with Crippen LogP contribution in [0, 0.1) is 6.92 Å². The van der Waals surface area contributed by atoms with Crippen molar-refractivity contribution < 1.29 is 8.42 Å². The summed E-state index contributed by atoms with van der Waals surface area (Å²) in [5.41, 5.74) is 1.11. The van der Waals surface area contributed by atoms with E-state index in [1.165, 1.54) is 32.6 Å². The summed E-state index contributed by atoms with van der Waals surface area (Å²) in [7, 11) is -3.39. The predicted octanol–water partition coefficient (Wildman–Crippen LogP) is 8.23. The Bertz CT molecular complexity index is 683. The maximum atomic E-state index is 14.0. The van der Waals surface area contributed by atoms with Crippen LogP contribution in [0.3, 0.4) is 0 Å². The van der Waals surface area contributed by atoms with E-state index in [-0.39, 0.29) is 0 Å². The summed E-state index contributed by atoms with van der Waals surface area (Å²) in [6.07, 6.45) is 12.3. The van der Waals surface area contributed by atoms with E-state index in [0.29, 0.717) is 4.90 Å². The Morgan fingerprint density at radius 3 is 1.66 bits per heavy atom. The van der Waals surface area contributed by atoms with Gasteiger partial charge in [0, 0.05) is 0 Å². The third kappa shape index (κ3) is 8.05. The van der Waals surface area contributed by atoms with Gasteiger partial charge in [0.05, 0.1) is 0 Å². The van der Waals surface area contributed by atoms with Gasteiger partial charge in [-0.05, 0) is 0 Å². The predicted molar refractivity (Wildman–Crippen MR) is 131 cm³/mol. The molecule has 2 nitrogen and oxygen atoms in total. The molecule has 0 N–H and O–H groups in total. The van der Waals surface area contributed by atoms with Crippen LogP contribution in [0.1, 0.15) is 91.0 Å². The molecule has 0 aliphatic heterocycles. The van der Waals surface area contributed by atoms with Crippen molar-refractivity contribution in [1.29, 1.82) is 0 Å². The summed E-state index contributed by atoms with van der Waals surface area (Å²) in [5, 5.41) is 0. The molecule has 0 heterocycles. The molecular formula is C25H44O2SSn. The molecule has 0 bridgehead atoms. The topological polar surface area (TPSA) is 34.1 Å². The monoisotopic (exact) mass is 528 g/mol. The number of aryl methyl sites for hydroxylation is 1. The van der Waals surface area contributed by atoms with E-state index in [9.17, 15) is 8.42 Å². The first-order chi connectivity index (χ1) is 13.9. The molecule has 0 unspecified atom stereocenters. The zero-order valence-electron chi connectivity index (χ0n) is 19.6. The van der Waals surface area contributed by atoms with E-state index in [1.54, 1.807) is 0 Å². The van der Waals surface area contributed by atoms with Gasteiger partial charge in [0.25, 0.3) is 0 Å². The van der Waals surface area contributed by atoms with Crippen molar-refractivity contribution in [2.24, 2.45) is 0 Å². The normalized spacial score (nSPS) is 13.1. The van der Waals surface area contributed by atoms with Gasteiger partial charge in [-0.1, -0.05) is 0 Å². The van der Waals surface area contributed by atoms with Crippen molar-refractivity contribution in [2.45, 2.75) is 111 Å².